The lowest BCUT2D eigenvalue weighted by atomic mass is 9.49. The zero-order valence-electron chi connectivity index (χ0n) is 18.2. The van der Waals surface area contributed by atoms with E-state index in [-0.39, 0.29) is 29.6 Å². The fourth-order valence-corrected chi connectivity index (χ4v) is 6.63. The molecule has 0 N–H and O–H groups in total. The second-order valence-corrected chi connectivity index (χ2v) is 10.2. The van der Waals surface area contributed by atoms with Gasteiger partial charge in [0, 0.05) is 12.3 Å². The van der Waals surface area contributed by atoms with Crippen molar-refractivity contribution in [2.24, 2.45) is 23.2 Å². The number of halogens is 2. The van der Waals surface area contributed by atoms with Gasteiger partial charge < -0.3 is 9.47 Å². The summed E-state index contributed by atoms with van der Waals surface area (Å²) >= 11 is 0. The van der Waals surface area contributed by atoms with Crippen LogP contribution in [0.2, 0.25) is 0 Å². The minimum atomic E-state index is -3.47. The Bertz CT molecular complexity index is 1020. The highest BCUT2D eigenvalue weighted by atomic mass is 19.3. The Balaban J connectivity index is 1.23. The predicted octanol–water partition coefficient (Wildman–Crippen LogP) is 5.32. The molecule has 170 valence electrons. The summed E-state index contributed by atoms with van der Waals surface area (Å²) in [4.78, 5) is 24.5. The van der Waals surface area contributed by atoms with Crippen LogP contribution >= 0.6 is 0 Å². The summed E-state index contributed by atoms with van der Waals surface area (Å²) in [5.41, 5.74) is 0.828. The number of hydrogen-bond acceptors (Lipinski definition) is 4. The molecule has 0 radical (unpaired) electrons. The summed E-state index contributed by atoms with van der Waals surface area (Å²) in [7, 11) is 0. The molecule has 2 aromatic rings. The van der Waals surface area contributed by atoms with Gasteiger partial charge >= 0.3 is 17.9 Å². The minimum Gasteiger partial charge on any atom is -0.465 e. The average molecular weight is 443 g/mol. The smallest absolute Gasteiger partial charge is 0.376 e. The van der Waals surface area contributed by atoms with Crippen LogP contribution in [0.25, 0.3) is 10.8 Å². The molecular weight excluding hydrogens is 414 g/mol. The van der Waals surface area contributed by atoms with Gasteiger partial charge in [-0.25, -0.2) is 4.79 Å². The highest BCUT2D eigenvalue weighted by molar-refractivity contribution is 5.89. The number of hydrogen-bond donors (Lipinski definition) is 0. The van der Waals surface area contributed by atoms with Crippen LogP contribution in [0.3, 0.4) is 0 Å². The monoisotopic (exact) mass is 442 g/mol. The Kier molecular flexibility index (Phi) is 5.22. The van der Waals surface area contributed by atoms with Crippen molar-refractivity contribution in [3.8, 4) is 0 Å². The van der Waals surface area contributed by atoms with Crippen molar-refractivity contribution in [1.29, 1.82) is 0 Å². The minimum absolute atomic E-state index is 0.0734. The average Bonchev–Trinajstić information content (AvgIpc) is 2.74. The van der Waals surface area contributed by atoms with Crippen LogP contribution in [-0.4, -0.2) is 30.6 Å². The van der Waals surface area contributed by atoms with E-state index in [2.05, 4.69) is 0 Å². The zero-order chi connectivity index (χ0) is 22.5. The molecule has 4 fully saturated rings. The second kappa shape index (κ2) is 7.82. The number of benzene rings is 2. The highest BCUT2D eigenvalue weighted by Crippen LogP contribution is 2.61. The van der Waals surface area contributed by atoms with Gasteiger partial charge in [0.2, 0.25) is 0 Å². The van der Waals surface area contributed by atoms with E-state index in [1.54, 1.807) is 0 Å². The van der Waals surface area contributed by atoms with E-state index in [1.807, 2.05) is 42.5 Å². The van der Waals surface area contributed by atoms with E-state index in [1.165, 1.54) is 0 Å². The number of fused-ring (bicyclic) bond motifs is 1. The first-order chi connectivity index (χ1) is 15.2. The molecule has 0 saturated heterocycles. The van der Waals surface area contributed by atoms with Gasteiger partial charge in [0.1, 0.15) is 6.10 Å². The van der Waals surface area contributed by atoms with Crippen LogP contribution in [0.5, 0.6) is 0 Å². The first kappa shape index (κ1) is 21.4. The summed E-state index contributed by atoms with van der Waals surface area (Å²) in [5.74, 6) is -4.50. The Morgan fingerprint density at radius 3 is 2.44 bits per heavy atom. The molecule has 32 heavy (non-hydrogen) atoms. The molecule has 4 bridgehead atoms. The summed E-state index contributed by atoms with van der Waals surface area (Å²) in [6.45, 7) is 0.938. The fraction of sp³-hybridized carbons (Fsp3) is 0.538. The number of alkyl halides is 2. The topological polar surface area (TPSA) is 52.6 Å². The summed E-state index contributed by atoms with van der Waals surface area (Å²) < 4.78 is 37.8. The van der Waals surface area contributed by atoms with Crippen LogP contribution < -0.4 is 0 Å². The van der Waals surface area contributed by atoms with E-state index < -0.39 is 18.0 Å². The summed E-state index contributed by atoms with van der Waals surface area (Å²) in [6, 6.07) is 13.9. The van der Waals surface area contributed by atoms with Gasteiger partial charge in [-0.2, -0.15) is 8.78 Å². The fourth-order valence-electron chi connectivity index (χ4n) is 6.63. The zero-order valence-corrected chi connectivity index (χ0v) is 18.2. The number of carbonyl (C=O) groups is 2. The SMILES string of the molecule is CC(F)(F)C(=O)OC1C2CC3CC1CC(COC(=O)Cc1cccc4ccccc14)(C3)C2. The molecule has 2 aromatic carbocycles. The molecule has 0 spiro atoms. The standard InChI is InChI=1S/C26H28F2O4/c1-25(27,28)24(30)32-23-19-9-16-10-20(23)14-26(12-16,13-19)15-31-22(29)11-18-7-4-6-17-5-2-3-8-21(17)18/h2-8,16,19-20,23H,9-15H2,1H3. The van der Waals surface area contributed by atoms with E-state index >= 15 is 0 Å². The van der Waals surface area contributed by atoms with Gasteiger partial charge in [-0.05, 0) is 66.2 Å². The van der Waals surface area contributed by atoms with Crippen molar-refractivity contribution < 1.29 is 27.8 Å². The normalized spacial score (nSPS) is 31.0. The Morgan fingerprint density at radius 1 is 1.03 bits per heavy atom. The van der Waals surface area contributed by atoms with Gasteiger partial charge in [0.25, 0.3) is 0 Å². The molecule has 0 amide bonds. The second-order valence-electron chi connectivity index (χ2n) is 10.2. The molecule has 4 nitrogen and oxygen atoms in total. The third kappa shape index (κ3) is 4.00. The van der Waals surface area contributed by atoms with Crippen LogP contribution in [0, 0.1) is 23.2 Å². The summed E-state index contributed by atoms with van der Waals surface area (Å²) in [6.07, 6.45) is 4.09. The van der Waals surface area contributed by atoms with Gasteiger partial charge in [0.05, 0.1) is 13.0 Å². The van der Waals surface area contributed by atoms with E-state index in [9.17, 15) is 18.4 Å². The Morgan fingerprint density at radius 2 is 1.72 bits per heavy atom. The maximum absolute atomic E-state index is 13.4. The molecule has 4 saturated carbocycles. The van der Waals surface area contributed by atoms with E-state index in [4.69, 9.17) is 9.47 Å². The van der Waals surface area contributed by atoms with Crippen molar-refractivity contribution in [1.82, 2.24) is 0 Å². The Labute approximate surface area is 186 Å². The first-order valence-electron chi connectivity index (χ1n) is 11.4. The lowest BCUT2D eigenvalue weighted by molar-refractivity contribution is -0.205. The molecular formula is C26H28F2O4. The van der Waals surface area contributed by atoms with Gasteiger partial charge in [0.15, 0.2) is 0 Å². The number of ether oxygens (including phenoxy) is 2. The molecule has 6 rings (SSSR count). The van der Waals surface area contributed by atoms with Crippen LogP contribution in [-0.2, 0) is 25.5 Å². The largest absolute Gasteiger partial charge is 0.465 e. The molecule has 2 unspecified atom stereocenters. The third-order valence-corrected chi connectivity index (χ3v) is 7.67. The molecule has 2 atom stereocenters. The third-order valence-electron chi connectivity index (χ3n) is 7.67. The van der Waals surface area contributed by atoms with Crippen molar-refractivity contribution in [2.45, 2.75) is 57.5 Å². The lowest BCUT2D eigenvalue weighted by Gasteiger charge is -2.59. The van der Waals surface area contributed by atoms with Crippen LogP contribution in [0.15, 0.2) is 42.5 Å². The summed E-state index contributed by atoms with van der Waals surface area (Å²) in [5, 5.41) is 2.15. The van der Waals surface area contributed by atoms with Crippen molar-refractivity contribution in [2.75, 3.05) is 6.61 Å². The lowest BCUT2D eigenvalue weighted by Crippen LogP contribution is -2.56. The highest BCUT2D eigenvalue weighted by Gasteiger charge is 2.57. The first-order valence-corrected chi connectivity index (χ1v) is 11.4. The van der Waals surface area contributed by atoms with Gasteiger partial charge in [-0.15, -0.1) is 0 Å². The molecule has 0 aliphatic heterocycles. The number of rotatable bonds is 6. The van der Waals surface area contributed by atoms with E-state index in [0.29, 0.717) is 19.4 Å². The Hall–Kier alpha value is -2.50. The van der Waals surface area contributed by atoms with Crippen LogP contribution in [0.1, 0.15) is 44.6 Å². The predicted molar refractivity (Wildman–Crippen MR) is 115 cm³/mol. The maximum Gasteiger partial charge on any atom is 0.376 e. The van der Waals surface area contributed by atoms with Gasteiger partial charge in [-0.1, -0.05) is 42.5 Å². The molecule has 4 aliphatic carbocycles. The van der Waals surface area contributed by atoms with Crippen LogP contribution in [0.4, 0.5) is 8.78 Å². The molecule has 0 aromatic heterocycles. The van der Waals surface area contributed by atoms with E-state index in [0.717, 1.165) is 48.4 Å². The molecule has 6 heteroatoms. The number of esters is 2. The van der Waals surface area contributed by atoms with Crippen molar-refractivity contribution >= 4 is 22.7 Å². The quantitative estimate of drug-likeness (QED) is 0.569. The molecule has 4 aliphatic rings. The number of carbonyl (C=O) groups excluding carboxylic acids is 2. The van der Waals surface area contributed by atoms with Crippen molar-refractivity contribution in [3.05, 3.63) is 48.0 Å². The van der Waals surface area contributed by atoms with Crippen molar-refractivity contribution in [3.63, 3.8) is 0 Å². The molecule has 0 heterocycles. The maximum atomic E-state index is 13.4. The van der Waals surface area contributed by atoms with Gasteiger partial charge in [-0.3, -0.25) is 4.79 Å².